The standard InChI is InChI=1S/C10H8ClNS2/c1-13-10-12-9(6-14-10)7-2-4-8(11)5-3-7/h2-6H,1H3. The topological polar surface area (TPSA) is 12.9 Å². The van der Waals surface area contributed by atoms with Gasteiger partial charge in [-0.25, -0.2) is 4.98 Å². The van der Waals surface area contributed by atoms with Crippen LogP contribution in [0.25, 0.3) is 11.3 Å². The molecule has 0 aliphatic heterocycles. The van der Waals surface area contributed by atoms with Crippen LogP contribution in [0.4, 0.5) is 0 Å². The molecule has 0 amide bonds. The Labute approximate surface area is 96.1 Å². The highest BCUT2D eigenvalue weighted by Crippen LogP contribution is 2.27. The van der Waals surface area contributed by atoms with E-state index in [1.807, 2.05) is 30.5 Å². The molecular formula is C10H8ClNS2. The Hall–Kier alpha value is -0.510. The quantitative estimate of drug-likeness (QED) is 0.732. The molecule has 1 heterocycles. The lowest BCUT2D eigenvalue weighted by Crippen LogP contribution is -1.76. The van der Waals surface area contributed by atoms with Gasteiger partial charge in [-0.15, -0.1) is 11.3 Å². The lowest BCUT2D eigenvalue weighted by molar-refractivity contribution is 1.26. The summed E-state index contributed by atoms with van der Waals surface area (Å²) in [5.74, 6) is 0. The first-order valence-electron chi connectivity index (χ1n) is 4.05. The van der Waals surface area contributed by atoms with Gasteiger partial charge >= 0.3 is 0 Å². The number of thiazole rings is 1. The molecule has 0 unspecified atom stereocenters. The predicted octanol–water partition coefficient (Wildman–Crippen LogP) is 4.19. The second-order valence-electron chi connectivity index (χ2n) is 2.71. The van der Waals surface area contributed by atoms with Crippen molar-refractivity contribution in [2.75, 3.05) is 6.26 Å². The van der Waals surface area contributed by atoms with Crippen LogP contribution in [0.15, 0.2) is 34.0 Å². The zero-order valence-corrected chi connectivity index (χ0v) is 9.92. The van der Waals surface area contributed by atoms with Crippen LogP contribution in [-0.4, -0.2) is 11.2 Å². The van der Waals surface area contributed by atoms with Crippen molar-refractivity contribution >= 4 is 34.7 Å². The zero-order valence-electron chi connectivity index (χ0n) is 7.53. The third-order valence-corrected chi connectivity index (χ3v) is 3.91. The Morgan fingerprint density at radius 2 is 2.00 bits per heavy atom. The normalized spacial score (nSPS) is 10.4. The molecule has 0 spiro atoms. The van der Waals surface area contributed by atoms with Gasteiger partial charge in [0.25, 0.3) is 0 Å². The van der Waals surface area contributed by atoms with Gasteiger partial charge in [-0.1, -0.05) is 35.5 Å². The summed E-state index contributed by atoms with van der Waals surface area (Å²) in [5, 5.41) is 2.82. The molecule has 0 atom stereocenters. The summed E-state index contributed by atoms with van der Waals surface area (Å²) in [4.78, 5) is 4.47. The fourth-order valence-electron chi connectivity index (χ4n) is 1.10. The molecule has 0 radical (unpaired) electrons. The van der Waals surface area contributed by atoms with Gasteiger partial charge in [0, 0.05) is 16.0 Å². The maximum Gasteiger partial charge on any atom is 0.150 e. The second kappa shape index (κ2) is 4.34. The molecule has 0 aliphatic carbocycles. The molecule has 72 valence electrons. The minimum Gasteiger partial charge on any atom is -0.230 e. The molecule has 0 saturated heterocycles. The second-order valence-corrected chi connectivity index (χ2v) is 5.06. The Morgan fingerprint density at radius 3 is 2.57 bits per heavy atom. The fourth-order valence-corrected chi connectivity index (χ4v) is 2.50. The number of halogens is 1. The van der Waals surface area contributed by atoms with E-state index in [2.05, 4.69) is 10.4 Å². The molecule has 1 aromatic heterocycles. The fraction of sp³-hybridized carbons (Fsp3) is 0.100. The number of nitrogens with zero attached hydrogens (tertiary/aromatic N) is 1. The number of hydrogen-bond donors (Lipinski definition) is 0. The monoisotopic (exact) mass is 241 g/mol. The first kappa shape index (κ1) is 10.0. The Bertz CT molecular complexity index is 422. The number of rotatable bonds is 2. The van der Waals surface area contributed by atoms with Crippen LogP contribution in [0, 0.1) is 0 Å². The number of hydrogen-bond acceptors (Lipinski definition) is 3. The average Bonchev–Trinajstić information content (AvgIpc) is 2.67. The van der Waals surface area contributed by atoms with E-state index in [4.69, 9.17) is 11.6 Å². The predicted molar refractivity (Wildman–Crippen MR) is 64.3 cm³/mol. The average molecular weight is 242 g/mol. The largest absolute Gasteiger partial charge is 0.230 e. The summed E-state index contributed by atoms with van der Waals surface area (Å²) in [6.45, 7) is 0. The Morgan fingerprint density at radius 1 is 1.29 bits per heavy atom. The van der Waals surface area contributed by atoms with Crippen LogP contribution in [0.2, 0.25) is 5.02 Å². The van der Waals surface area contributed by atoms with Gasteiger partial charge in [0.05, 0.1) is 5.69 Å². The first-order chi connectivity index (χ1) is 6.79. The number of aromatic nitrogens is 1. The smallest absolute Gasteiger partial charge is 0.150 e. The van der Waals surface area contributed by atoms with Gasteiger partial charge in [-0.2, -0.15) is 0 Å². The molecule has 0 N–H and O–H groups in total. The van der Waals surface area contributed by atoms with Crippen LogP contribution in [-0.2, 0) is 0 Å². The highest BCUT2D eigenvalue weighted by Gasteiger charge is 2.02. The van der Waals surface area contributed by atoms with Crippen molar-refractivity contribution in [1.29, 1.82) is 0 Å². The summed E-state index contributed by atoms with van der Waals surface area (Å²) in [5.41, 5.74) is 2.14. The molecule has 0 fully saturated rings. The minimum absolute atomic E-state index is 0.758. The molecule has 1 aromatic carbocycles. The molecule has 14 heavy (non-hydrogen) atoms. The van der Waals surface area contributed by atoms with Gasteiger partial charge in [-0.3, -0.25) is 0 Å². The van der Waals surface area contributed by atoms with Crippen LogP contribution in [0.5, 0.6) is 0 Å². The van der Waals surface area contributed by atoms with E-state index in [0.717, 1.165) is 20.6 Å². The van der Waals surface area contributed by atoms with Crippen molar-refractivity contribution in [3.8, 4) is 11.3 Å². The third kappa shape index (κ3) is 2.11. The van der Waals surface area contributed by atoms with E-state index in [1.165, 1.54) is 0 Å². The third-order valence-electron chi connectivity index (χ3n) is 1.80. The van der Waals surface area contributed by atoms with Crippen molar-refractivity contribution in [3.63, 3.8) is 0 Å². The van der Waals surface area contributed by atoms with Crippen LogP contribution in [0.1, 0.15) is 0 Å². The molecule has 0 aliphatic rings. The molecule has 2 rings (SSSR count). The van der Waals surface area contributed by atoms with Crippen LogP contribution < -0.4 is 0 Å². The van der Waals surface area contributed by atoms with Crippen molar-refractivity contribution < 1.29 is 0 Å². The van der Waals surface area contributed by atoms with Crippen molar-refractivity contribution in [2.24, 2.45) is 0 Å². The van der Waals surface area contributed by atoms with Crippen molar-refractivity contribution in [2.45, 2.75) is 4.34 Å². The van der Waals surface area contributed by atoms with E-state index in [9.17, 15) is 0 Å². The molecule has 0 saturated carbocycles. The van der Waals surface area contributed by atoms with Gasteiger partial charge in [0.15, 0.2) is 0 Å². The van der Waals surface area contributed by atoms with E-state index < -0.39 is 0 Å². The van der Waals surface area contributed by atoms with E-state index in [0.29, 0.717) is 0 Å². The Balaban J connectivity index is 2.34. The van der Waals surface area contributed by atoms with Gasteiger partial charge < -0.3 is 0 Å². The molecule has 1 nitrogen and oxygen atoms in total. The number of thioether (sulfide) groups is 1. The lowest BCUT2D eigenvalue weighted by atomic mass is 10.2. The minimum atomic E-state index is 0.758. The maximum atomic E-state index is 5.81. The van der Waals surface area contributed by atoms with E-state index in [-0.39, 0.29) is 0 Å². The van der Waals surface area contributed by atoms with Crippen LogP contribution in [0.3, 0.4) is 0 Å². The highest BCUT2D eigenvalue weighted by atomic mass is 35.5. The zero-order chi connectivity index (χ0) is 9.97. The summed E-state index contributed by atoms with van der Waals surface area (Å²) in [6, 6.07) is 7.74. The molecule has 4 heteroatoms. The maximum absolute atomic E-state index is 5.81. The molecular weight excluding hydrogens is 234 g/mol. The lowest BCUT2D eigenvalue weighted by Gasteiger charge is -1.95. The van der Waals surface area contributed by atoms with E-state index in [1.54, 1.807) is 23.1 Å². The number of benzene rings is 1. The SMILES string of the molecule is CSc1nc(-c2ccc(Cl)cc2)cs1. The Kier molecular flexibility index (Phi) is 3.11. The molecule has 0 bridgehead atoms. The van der Waals surface area contributed by atoms with Crippen molar-refractivity contribution in [3.05, 3.63) is 34.7 Å². The summed E-state index contributed by atoms with van der Waals surface area (Å²) >= 11 is 9.15. The van der Waals surface area contributed by atoms with Crippen LogP contribution >= 0.6 is 34.7 Å². The van der Waals surface area contributed by atoms with Crippen molar-refractivity contribution in [1.82, 2.24) is 4.98 Å². The van der Waals surface area contributed by atoms with Gasteiger partial charge in [0.2, 0.25) is 0 Å². The molecule has 2 aromatic rings. The summed E-state index contributed by atoms with van der Waals surface area (Å²) in [7, 11) is 0. The summed E-state index contributed by atoms with van der Waals surface area (Å²) < 4.78 is 1.09. The summed E-state index contributed by atoms with van der Waals surface area (Å²) in [6.07, 6.45) is 2.03. The van der Waals surface area contributed by atoms with E-state index >= 15 is 0 Å². The first-order valence-corrected chi connectivity index (χ1v) is 6.53. The van der Waals surface area contributed by atoms with Gasteiger partial charge in [0.1, 0.15) is 4.34 Å². The highest BCUT2D eigenvalue weighted by molar-refractivity contribution is 8.00. The van der Waals surface area contributed by atoms with Gasteiger partial charge in [-0.05, 0) is 18.4 Å².